The Balaban J connectivity index is 1.46. The molecule has 1 aromatic carbocycles. The minimum atomic E-state index is -0.278. The number of carbonyl (C=O) groups is 2. The first kappa shape index (κ1) is 16.9. The van der Waals surface area contributed by atoms with Gasteiger partial charge in [-0.1, -0.05) is 23.4 Å². The molecule has 1 aliphatic rings. The number of aryl methyl sites for hydroxylation is 1. The molecular formula is C17H20N4O4. The first-order chi connectivity index (χ1) is 12.1. The van der Waals surface area contributed by atoms with Gasteiger partial charge in [-0.05, 0) is 25.0 Å². The molecule has 8 nitrogen and oxygen atoms in total. The number of hydrogen-bond acceptors (Lipinski definition) is 6. The van der Waals surface area contributed by atoms with Gasteiger partial charge in [0.05, 0.1) is 6.54 Å². The average molecular weight is 344 g/mol. The fraction of sp³-hybridized carbons (Fsp3) is 0.412. The maximum Gasteiger partial charge on any atom is 0.258 e. The molecule has 1 aliphatic heterocycles. The van der Waals surface area contributed by atoms with Crippen LogP contribution in [0.25, 0.3) is 0 Å². The lowest BCUT2D eigenvalue weighted by molar-refractivity contribution is -0.123. The van der Waals surface area contributed by atoms with Crippen LogP contribution in [0.1, 0.15) is 36.0 Å². The molecule has 1 aromatic heterocycles. The van der Waals surface area contributed by atoms with E-state index in [1.165, 1.54) is 0 Å². The number of benzene rings is 1. The van der Waals surface area contributed by atoms with Gasteiger partial charge in [-0.2, -0.15) is 4.98 Å². The Labute approximate surface area is 144 Å². The van der Waals surface area contributed by atoms with Crippen LogP contribution in [0.15, 0.2) is 28.8 Å². The quantitative estimate of drug-likeness (QED) is 0.812. The van der Waals surface area contributed by atoms with Gasteiger partial charge in [-0.3, -0.25) is 9.59 Å². The van der Waals surface area contributed by atoms with Crippen molar-refractivity contribution >= 4 is 11.8 Å². The molecule has 8 heteroatoms. The molecule has 2 heterocycles. The molecule has 0 aliphatic carbocycles. The SMILES string of the molecule is Cc1ccccc1OCC(=O)NCc1nc(C2CCNC(=O)C2)no1. The smallest absolute Gasteiger partial charge is 0.258 e. The maximum atomic E-state index is 11.9. The Morgan fingerprint density at radius 2 is 2.28 bits per heavy atom. The van der Waals surface area contributed by atoms with Gasteiger partial charge < -0.3 is 19.9 Å². The molecular weight excluding hydrogens is 324 g/mol. The zero-order valence-electron chi connectivity index (χ0n) is 13.9. The highest BCUT2D eigenvalue weighted by Crippen LogP contribution is 2.23. The minimum absolute atomic E-state index is 0.00995. The van der Waals surface area contributed by atoms with E-state index in [0.717, 1.165) is 12.0 Å². The molecule has 25 heavy (non-hydrogen) atoms. The van der Waals surface area contributed by atoms with Crippen LogP contribution in [0.5, 0.6) is 5.75 Å². The van der Waals surface area contributed by atoms with Gasteiger partial charge in [-0.25, -0.2) is 0 Å². The Morgan fingerprint density at radius 1 is 1.44 bits per heavy atom. The van der Waals surface area contributed by atoms with Crippen molar-refractivity contribution in [3.8, 4) is 5.75 Å². The lowest BCUT2D eigenvalue weighted by Crippen LogP contribution is -2.33. The summed E-state index contributed by atoms with van der Waals surface area (Å²) in [5, 5.41) is 9.35. The zero-order chi connectivity index (χ0) is 17.6. The van der Waals surface area contributed by atoms with Crippen LogP contribution in [-0.2, 0) is 16.1 Å². The van der Waals surface area contributed by atoms with Crippen molar-refractivity contribution in [3.05, 3.63) is 41.5 Å². The van der Waals surface area contributed by atoms with E-state index in [0.29, 0.717) is 30.4 Å². The highest BCUT2D eigenvalue weighted by molar-refractivity contribution is 5.77. The number of para-hydroxylation sites is 1. The third-order valence-electron chi connectivity index (χ3n) is 3.98. The fourth-order valence-electron chi connectivity index (χ4n) is 2.60. The lowest BCUT2D eigenvalue weighted by Gasteiger charge is -2.18. The Morgan fingerprint density at radius 3 is 3.08 bits per heavy atom. The highest BCUT2D eigenvalue weighted by Gasteiger charge is 2.25. The van der Waals surface area contributed by atoms with Gasteiger partial charge in [0, 0.05) is 18.9 Å². The predicted octanol–water partition coefficient (Wildman–Crippen LogP) is 1.07. The standard InChI is InChI=1S/C17H20N4O4/c1-11-4-2-3-5-13(11)24-10-15(23)19-9-16-20-17(21-25-16)12-6-7-18-14(22)8-12/h2-5,12H,6-10H2,1H3,(H,18,22)(H,19,23). The number of nitrogens with zero attached hydrogens (tertiary/aromatic N) is 2. The zero-order valence-corrected chi connectivity index (χ0v) is 13.9. The molecule has 2 N–H and O–H groups in total. The van der Waals surface area contributed by atoms with Crippen LogP contribution in [0.2, 0.25) is 0 Å². The Kier molecular flexibility index (Phi) is 5.27. The van der Waals surface area contributed by atoms with Gasteiger partial charge in [0.25, 0.3) is 5.91 Å². The molecule has 1 saturated heterocycles. The Hall–Kier alpha value is -2.90. The fourth-order valence-corrected chi connectivity index (χ4v) is 2.60. The van der Waals surface area contributed by atoms with E-state index >= 15 is 0 Å². The van der Waals surface area contributed by atoms with E-state index in [2.05, 4.69) is 20.8 Å². The molecule has 1 fully saturated rings. The summed E-state index contributed by atoms with van der Waals surface area (Å²) in [4.78, 5) is 27.5. The second-order valence-electron chi connectivity index (χ2n) is 5.92. The largest absolute Gasteiger partial charge is 0.484 e. The lowest BCUT2D eigenvalue weighted by atomic mass is 9.97. The number of rotatable bonds is 6. The van der Waals surface area contributed by atoms with Gasteiger partial charge in [-0.15, -0.1) is 0 Å². The highest BCUT2D eigenvalue weighted by atomic mass is 16.5. The predicted molar refractivity (Wildman–Crippen MR) is 87.8 cm³/mol. The molecule has 0 bridgehead atoms. The summed E-state index contributed by atoms with van der Waals surface area (Å²) in [6.07, 6.45) is 1.14. The molecule has 0 saturated carbocycles. The summed E-state index contributed by atoms with van der Waals surface area (Å²) in [7, 11) is 0. The van der Waals surface area contributed by atoms with E-state index in [1.807, 2.05) is 31.2 Å². The number of ether oxygens (including phenoxy) is 1. The van der Waals surface area contributed by atoms with E-state index in [-0.39, 0.29) is 30.9 Å². The monoisotopic (exact) mass is 344 g/mol. The summed E-state index contributed by atoms with van der Waals surface area (Å²) in [5.74, 6) is 1.17. The number of aromatic nitrogens is 2. The van der Waals surface area contributed by atoms with Crippen molar-refractivity contribution in [2.75, 3.05) is 13.2 Å². The summed E-state index contributed by atoms with van der Waals surface area (Å²) in [6.45, 7) is 2.57. The maximum absolute atomic E-state index is 11.9. The molecule has 0 spiro atoms. The number of amides is 2. The summed E-state index contributed by atoms with van der Waals surface area (Å²) in [6, 6.07) is 7.49. The number of hydrogen-bond donors (Lipinski definition) is 2. The first-order valence-corrected chi connectivity index (χ1v) is 8.16. The van der Waals surface area contributed by atoms with Crippen LogP contribution in [0.4, 0.5) is 0 Å². The third kappa shape index (κ3) is 4.56. The van der Waals surface area contributed by atoms with Gasteiger partial charge in [0.1, 0.15) is 5.75 Å². The number of piperidine rings is 1. The van der Waals surface area contributed by atoms with Gasteiger partial charge in [0.15, 0.2) is 12.4 Å². The third-order valence-corrected chi connectivity index (χ3v) is 3.98. The Bertz CT molecular complexity index is 759. The summed E-state index contributed by atoms with van der Waals surface area (Å²) < 4.78 is 10.6. The van der Waals surface area contributed by atoms with E-state index in [4.69, 9.17) is 9.26 Å². The molecule has 132 valence electrons. The number of carbonyl (C=O) groups excluding carboxylic acids is 2. The van der Waals surface area contributed by atoms with Crippen LogP contribution in [-0.4, -0.2) is 35.1 Å². The van der Waals surface area contributed by atoms with Crippen molar-refractivity contribution in [2.24, 2.45) is 0 Å². The van der Waals surface area contributed by atoms with E-state index in [1.54, 1.807) is 0 Å². The van der Waals surface area contributed by atoms with Crippen molar-refractivity contribution in [2.45, 2.75) is 32.2 Å². The molecule has 0 radical (unpaired) electrons. The van der Waals surface area contributed by atoms with Gasteiger partial charge in [0.2, 0.25) is 11.8 Å². The molecule has 2 aromatic rings. The van der Waals surface area contributed by atoms with Crippen LogP contribution < -0.4 is 15.4 Å². The van der Waals surface area contributed by atoms with Crippen LogP contribution in [0, 0.1) is 6.92 Å². The molecule has 1 unspecified atom stereocenters. The second kappa shape index (κ2) is 7.78. The van der Waals surface area contributed by atoms with E-state index in [9.17, 15) is 9.59 Å². The molecule has 1 atom stereocenters. The van der Waals surface area contributed by atoms with Crippen LogP contribution >= 0.6 is 0 Å². The van der Waals surface area contributed by atoms with Crippen molar-refractivity contribution in [1.29, 1.82) is 0 Å². The molecule has 3 rings (SSSR count). The van der Waals surface area contributed by atoms with Gasteiger partial charge >= 0.3 is 0 Å². The van der Waals surface area contributed by atoms with Crippen molar-refractivity contribution in [1.82, 2.24) is 20.8 Å². The second-order valence-corrected chi connectivity index (χ2v) is 5.92. The topological polar surface area (TPSA) is 106 Å². The molecule has 2 amide bonds. The van der Waals surface area contributed by atoms with Crippen LogP contribution in [0.3, 0.4) is 0 Å². The summed E-state index contributed by atoms with van der Waals surface area (Å²) >= 11 is 0. The minimum Gasteiger partial charge on any atom is -0.484 e. The normalized spacial score (nSPS) is 17.0. The van der Waals surface area contributed by atoms with E-state index < -0.39 is 0 Å². The number of nitrogens with one attached hydrogen (secondary N) is 2. The van der Waals surface area contributed by atoms with Crippen molar-refractivity contribution in [3.63, 3.8) is 0 Å². The summed E-state index contributed by atoms with van der Waals surface area (Å²) in [5.41, 5.74) is 0.966. The first-order valence-electron chi connectivity index (χ1n) is 8.16. The van der Waals surface area contributed by atoms with Crippen molar-refractivity contribution < 1.29 is 18.8 Å². The average Bonchev–Trinajstić information content (AvgIpc) is 3.08.